The summed E-state index contributed by atoms with van der Waals surface area (Å²) in [6.07, 6.45) is 3.01. The summed E-state index contributed by atoms with van der Waals surface area (Å²) in [5.74, 6) is 2.41. The van der Waals surface area contributed by atoms with Crippen molar-refractivity contribution in [1.29, 1.82) is 0 Å². The molecule has 4 aromatic heterocycles. The first-order valence-corrected chi connectivity index (χ1v) is 19.9. The van der Waals surface area contributed by atoms with Gasteiger partial charge in [-0.15, -0.1) is 22.7 Å². The lowest BCUT2D eigenvalue weighted by molar-refractivity contribution is 1.05. The zero-order valence-corrected chi connectivity index (χ0v) is 31.3. The van der Waals surface area contributed by atoms with Crippen molar-refractivity contribution in [3.05, 3.63) is 170 Å². The van der Waals surface area contributed by atoms with E-state index in [2.05, 4.69) is 118 Å². The molecule has 0 radical (unpaired) electrons. The van der Waals surface area contributed by atoms with Crippen molar-refractivity contribution < 1.29 is 0 Å². The van der Waals surface area contributed by atoms with Crippen LogP contribution in [-0.4, -0.2) is 29.9 Å². The van der Waals surface area contributed by atoms with Crippen LogP contribution in [-0.2, 0) is 0 Å². The van der Waals surface area contributed by atoms with E-state index in [1.165, 1.54) is 64.1 Å². The topological polar surface area (TPSA) is 77.3 Å². The maximum atomic E-state index is 5.21. The SMILES string of the molecule is c1ccc(-c2nc(-c3ccc(-c4ncncn4)cc3)nc(-c3cc(-c4cccc5c4sc4ccccc45)cc(-c4cccc5c4sc4ccccc45)c3)n2)cc1. The van der Waals surface area contributed by atoms with Crippen LogP contribution in [0.15, 0.2) is 170 Å². The fraction of sp³-hybridized carbons (Fsp3) is 0. The molecule has 11 rings (SSSR count). The molecule has 0 aliphatic heterocycles. The molecule has 6 nitrogen and oxygen atoms in total. The van der Waals surface area contributed by atoms with Crippen molar-refractivity contribution in [2.24, 2.45) is 0 Å². The summed E-state index contributed by atoms with van der Waals surface area (Å²) < 4.78 is 5.07. The molecule has 0 fully saturated rings. The highest BCUT2D eigenvalue weighted by Crippen LogP contribution is 2.44. The molecule has 0 N–H and O–H groups in total. The third-order valence-electron chi connectivity index (χ3n) is 10.2. The molecule has 0 saturated carbocycles. The predicted octanol–water partition coefficient (Wildman–Crippen LogP) is 12.8. The molecular formula is C48H28N6S2. The Morgan fingerprint density at radius 1 is 0.321 bits per heavy atom. The van der Waals surface area contributed by atoms with Gasteiger partial charge in [-0.2, -0.15) is 0 Å². The van der Waals surface area contributed by atoms with Gasteiger partial charge in [0.1, 0.15) is 12.7 Å². The summed E-state index contributed by atoms with van der Waals surface area (Å²) in [6.45, 7) is 0. The third kappa shape index (κ3) is 5.62. The van der Waals surface area contributed by atoms with Crippen LogP contribution in [0.3, 0.4) is 0 Å². The van der Waals surface area contributed by atoms with E-state index in [1.807, 2.05) is 77.3 Å². The summed E-state index contributed by atoms with van der Waals surface area (Å²) in [5, 5.41) is 5.07. The number of benzene rings is 7. The molecule has 8 heteroatoms. The number of fused-ring (bicyclic) bond motifs is 6. The van der Waals surface area contributed by atoms with Crippen LogP contribution >= 0.6 is 22.7 Å². The fourth-order valence-electron chi connectivity index (χ4n) is 7.52. The summed E-state index contributed by atoms with van der Waals surface area (Å²) in [5.41, 5.74) is 8.16. The van der Waals surface area contributed by atoms with Crippen LogP contribution in [0.1, 0.15) is 0 Å². The van der Waals surface area contributed by atoms with Gasteiger partial charge in [0.15, 0.2) is 23.3 Å². The molecule has 7 aromatic carbocycles. The number of hydrogen-bond donors (Lipinski definition) is 0. The lowest BCUT2D eigenvalue weighted by Crippen LogP contribution is -2.00. The number of hydrogen-bond acceptors (Lipinski definition) is 8. The molecule has 0 aliphatic rings. The molecule has 0 unspecified atom stereocenters. The van der Waals surface area contributed by atoms with Crippen LogP contribution in [0, 0.1) is 0 Å². The van der Waals surface area contributed by atoms with E-state index in [0.29, 0.717) is 23.3 Å². The van der Waals surface area contributed by atoms with Gasteiger partial charge in [0.2, 0.25) is 0 Å². The summed E-state index contributed by atoms with van der Waals surface area (Å²) >= 11 is 3.68. The molecule has 4 heterocycles. The molecule has 0 atom stereocenters. The van der Waals surface area contributed by atoms with Gasteiger partial charge >= 0.3 is 0 Å². The van der Waals surface area contributed by atoms with Crippen molar-refractivity contribution in [2.75, 3.05) is 0 Å². The minimum Gasteiger partial charge on any atom is -0.225 e. The lowest BCUT2D eigenvalue weighted by Gasteiger charge is -2.13. The van der Waals surface area contributed by atoms with Gasteiger partial charge in [-0.3, -0.25) is 0 Å². The molecule has 11 aromatic rings. The normalized spacial score (nSPS) is 11.6. The zero-order valence-electron chi connectivity index (χ0n) is 29.7. The highest BCUT2D eigenvalue weighted by atomic mass is 32.1. The average Bonchev–Trinajstić information content (AvgIpc) is 3.86. The molecular weight excluding hydrogens is 725 g/mol. The second-order valence-electron chi connectivity index (χ2n) is 13.6. The number of aromatic nitrogens is 6. The number of nitrogens with zero attached hydrogens (tertiary/aromatic N) is 6. The monoisotopic (exact) mass is 752 g/mol. The minimum atomic E-state index is 0.584. The predicted molar refractivity (Wildman–Crippen MR) is 232 cm³/mol. The Balaban J connectivity index is 1.15. The number of rotatable bonds is 6. The maximum absolute atomic E-state index is 5.21. The highest BCUT2D eigenvalue weighted by molar-refractivity contribution is 7.26. The van der Waals surface area contributed by atoms with Crippen molar-refractivity contribution in [2.45, 2.75) is 0 Å². The molecule has 262 valence electrons. The molecule has 56 heavy (non-hydrogen) atoms. The first-order chi connectivity index (χ1) is 27.7. The Morgan fingerprint density at radius 3 is 1.30 bits per heavy atom. The van der Waals surface area contributed by atoms with Crippen molar-refractivity contribution in [3.8, 4) is 67.8 Å². The van der Waals surface area contributed by atoms with Gasteiger partial charge in [0.05, 0.1) is 0 Å². The fourth-order valence-corrected chi connectivity index (χ4v) is 10.0. The Kier molecular flexibility index (Phi) is 7.75. The van der Waals surface area contributed by atoms with Crippen molar-refractivity contribution >= 4 is 63.0 Å². The highest BCUT2D eigenvalue weighted by Gasteiger charge is 2.19. The summed E-state index contributed by atoms with van der Waals surface area (Å²) in [4.78, 5) is 28.0. The van der Waals surface area contributed by atoms with E-state index in [0.717, 1.165) is 33.4 Å². The second kappa shape index (κ2) is 13.4. The standard InChI is InChI=1S/C48H28N6S2/c1-2-10-29(11-3-1)46-52-47(31-22-20-30(21-23-31)45-50-27-49-28-51-45)54-48(53-46)34-25-32(35-14-8-16-39-37-12-4-6-18-41(37)55-43(35)39)24-33(26-34)36-15-9-17-40-38-13-5-7-19-42(38)56-44(36)40/h1-28H. The van der Waals surface area contributed by atoms with Crippen molar-refractivity contribution in [1.82, 2.24) is 29.9 Å². The zero-order chi connectivity index (χ0) is 37.0. The third-order valence-corrected chi connectivity index (χ3v) is 12.6. The van der Waals surface area contributed by atoms with E-state index in [-0.39, 0.29) is 0 Å². The molecule has 0 bridgehead atoms. The summed E-state index contributed by atoms with van der Waals surface area (Å²) in [7, 11) is 0. The first-order valence-electron chi connectivity index (χ1n) is 18.2. The quantitative estimate of drug-likeness (QED) is 0.168. The lowest BCUT2D eigenvalue weighted by atomic mass is 9.94. The van der Waals surface area contributed by atoms with Crippen LogP contribution in [0.25, 0.3) is 108 Å². The van der Waals surface area contributed by atoms with Crippen LogP contribution < -0.4 is 0 Å². The molecule has 0 aliphatic carbocycles. The minimum absolute atomic E-state index is 0.584. The van der Waals surface area contributed by atoms with Gasteiger partial charge in [-0.25, -0.2) is 29.9 Å². The Morgan fingerprint density at radius 2 is 0.750 bits per heavy atom. The smallest absolute Gasteiger partial charge is 0.164 e. The molecule has 0 amide bonds. The van der Waals surface area contributed by atoms with Crippen molar-refractivity contribution in [3.63, 3.8) is 0 Å². The Bertz CT molecular complexity index is 3120. The van der Waals surface area contributed by atoms with Gasteiger partial charge in [0, 0.05) is 62.6 Å². The maximum Gasteiger partial charge on any atom is 0.164 e. The molecule has 0 spiro atoms. The van der Waals surface area contributed by atoms with Crippen LogP contribution in [0.5, 0.6) is 0 Å². The van der Waals surface area contributed by atoms with E-state index in [4.69, 9.17) is 15.0 Å². The first kappa shape index (κ1) is 32.4. The van der Waals surface area contributed by atoms with E-state index >= 15 is 0 Å². The largest absolute Gasteiger partial charge is 0.225 e. The van der Waals surface area contributed by atoms with E-state index in [1.54, 1.807) is 0 Å². The van der Waals surface area contributed by atoms with Gasteiger partial charge < -0.3 is 0 Å². The Labute approximate surface area is 329 Å². The van der Waals surface area contributed by atoms with E-state index in [9.17, 15) is 0 Å². The van der Waals surface area contributed by atoms with Gasteiger partial charge in [-0.05, 0) is 52.6 Å². The number of thiophene rings is 2. The van der Waals surface area contributed by atoms with Gasteiger partial charge in [-0.1, -0.05) is 127 Å². The molecule has 0 saturated heterocycles. The second-order valence-corrected chi connectivity index (χ2v) is 15.7. The Hall–Kier alpha value is -7.00. The van der Waals surface area contributed by atoms with Crippen LogP contribution in [0.2, 0.25) is 0 Å². The summed E-state index contributed by atoms with van der Waals surface area (Å²) in [6, 6.07) is 55.6. The van der Waals surface area contributed by atoms with Gasteiger partial charge in [0.25, 0.3) is 0 Å². The van der Waals surface area contributed by atoms with E-state index < -0.39 is 0 Å². The van der Waals surface area contributed by atoms with Crippen LogP contribution in [0.4, 0.5) is 0 Å². The average molecular weight is 753 g/mol.